The normalized spacial score (nSPS) is 16.2. The van der Waals surface area contributed by atoms with Gasteiger partial charge in [-0.3, -0.25) is 24.1 Å². The van der Waals surface area contributed by atoms with E-state index in [2.05, 4.69) is 5.32 Å². The Hall–Kier alpha value is -2.50. The zero-order valence-corrected chi connectivity index (χ0v) is 14.4. The van der Waals surface area contributed by atoms with Crippen LogP contribution in [0.5, 0.6) is 0 Å². The third-order valence-electron chi connectivity index (χ3n) is 3.99. The van der Waals surface area contributed by atoms with Gasteiger partial charge >= 0.3 is 0 Å². The van der Waals surface area contributed by atoms with E-state index in [4.69, 9.17) is 0 Å². The quantitative estimate of drug-likeness (QED) is 0.676. The average Bonchev–Trinajstić information content (AvgIpc) is 2.81. The summed E-state index contributed by atoms with van der Waals surface area (Å²) < 4.78 is 0. The van der Waals surface area contributed by atoms with Crippen molar-refractivity contribution < 1.29 is 19.2 Å². The number of nitrogens with one attached hydrogen (secondary N) is 1. The third kappa shape index (κ3) is 3.53. The van der Waals surface area contributed by atoms with Crippen LogP contribution in [0.25, 0.3) is 0 Å². The van der Waals surface area contributed by atoms with Crippen LogP contribution < -0.4 is 5.32 Å². The van der Waals surface area contributed by atoms with Gasteiger partial charge in [-0.25, -0.2) is 0 Å². The lowest BCUT2D eigenvalue weighted by Gasteiger charge is -2.29. The summed E-state index contributed by atoms with van der Waals surface area (Å²) in [5.41, 5.74) is 0.511. The van der Waals surface area contributed by atoms with Crippen molar-refractivity contribution in [3.05, 3.63) is 29.8 Å². The highest BCUT2D eigenvalue weighted by Gasteiger charge is 2.46. The van der Waals surface area contributed by atoms with Crippen molar-refractivity contribution in [2.75, 3.05) is 5.32 Å². The van der Waals surface area contributed by atoms with Crippen molar-refractivity contribution in [2.24, 2.45) is 5.41 Å². The van der Waals surface area contributed by atoms with Crippen molar-refractivity contribution in [1.82, 2.24) is 4.90 Å². The molecule has 1 unspecified atom stereocenters. The highest BCUT2D eigenvalue weighted by molar-refractivity contribution is 6.18. The zero-order chi connectivity index (χ0) is 18.1. The number of benzene rings is 1. The van der Waals surface area contributed by atoms with Gasteiger partial charge in [-0.1, -0.05) is 39.0 Å². The number of hydrogen-bond donors (Lipinski definition) is 1. The number of likely N-dealkylation sites (tertiary alicyclic amines) is 1. The van der Waals surface area contributed by atoms with Crippen LogP contribution in [-0.2, 0) is 19.2 Å². The number of imide groups is 1. The molecule has 0 radical (unpaired) electrons. The largest absolute Gasteiger partial charge is 0.324 e. The minimum atomic E-state index is -1.44. The molecule has 1 aromatic carbocycles. The standard InChI is InChI=1S/C18H22N2O4/c1-11-7-5-6-8-12(11)19-17(24)15(16(23)18(2,3)4)20-13(21)9-10-14(20)22/h5-8,15H,9-10H2,1-4H3,(H,19,24). The van der Waals surface area contributed by atoms with E-state index >= 15 is 0 Å². The molecule has 128 valence electrons. The Morgan fingerprint density at radius 2 is 1.62 bits per heavy atom. The Labute approximate surface area is 141 Å². The molecule has 1 heterocycles. The molecule has 0 aromatic heterocycles. The fourth-order valence-electron chi connectivity index (χ4n) is 2.56. The molecule has 1 N–H and O–H groups in total. The number of ketones is 1. The number of para-hydroxylation sites is 1. The predicted molar refractivity (Wildman–Crippen MR) is 89.1 cm³/mol. The maximum Gasteiger partial charge on any atom is 0.255 e. The number of hydrogen-bond acceptors (Lipinski definition) is 4. The lowest BCUT2D eigenvalue weighted by atomic mass is 9.85. The van der Waals surface area contributed by atoms with E-state index in [9.17, 15) is 19.2 Å². The van der Waals surface area contributed by atoms with E-state index in [1.807, 2.05) is 19.1 Å². The maximum atomic E-state index is 12.8. The molecule has 1 aromatic rings. The van der Waals surface area contributed by atoms with E-state index in [0.29, 0.717) is 5.69 Å². The van der Waals surface area contributed by atoms with E-state index in [1.54, 1.807) is 32.9 Å². The van der Waals surface area contributed by atoms with Crippen LogP contribution in [0.1, 0.15) is 39.2 Å². The van der Waals surface area contributed by atoms with Gasteiger partial charge in [-0.05, 0) is 18.6 Å². The third-order valence-corrected chi connectivity index (χ3v) is 3.99. The van der Waals surface area contributed by atoms with Crippen LogP contribution in [0, 0.1) is 12.3 Å². The van der Waals surface area contributed by atoms with Crippen LogP contribution in [0.3, 0.4) is 0 Å². The Kier molecular flexibility index (Phi) is 4.87. The van der Waals surface area contributed by atoms with Crippen LogP contribution in [-0.4, -0.2) is 34.4 Å². The van der Waals surface area contributed by atoms with Gasteiger partial charge in [0.15, 0.2) is 11.8 Å². The molecule has 6 heteroatoms. The SMILES string of the molecule is Cc1ccccc1NC(=O)C(C(=O)C(C)(C)C)N1C(=O)CCC1=O. The number of Topliss-reactive ketones (excluding diaryl/α,β-unsaturated/α-hetero) is 1. The summed E-state index contributed by atoms with van der Waals surface area (Å²) in [6.07, 6.45) is 0.0643. The Morgan fingerprint density at radius 1 is 1.08 bits per heavy atom. The first-order chi connectivity index (χ1) is 11.1. The summed E-state index contributed by atoms with van der Waals surface area (Å²) in [7, 11) is 0. The van der Waals surface area contributed by atoms with Crippen molar-refractivity contribution in [2.45, 2.75) is 46.6 Å². The van der Waals surface area contributed by atoms with Crippen LogP contribution in [0.15, 0.2) is 24.3 Å². The van der Waals surface area contributed by atoms with Gasteiger partial charge in [0, 0.05) is 23.9 Å². The minimum Gasteiger partial charge on any atom is -0.324 e. The molecule has 0 aliphatic carbocycles. The lowest BCUT2D eigenvalue weighted by molar-refractivity contribution is -0.152. The molecule has 1 aliphatic rings. The second-order valence-electron chi connectivity index (χ2n) is 6.98. The fourth-order valence-corrected chi connectivity index (χ4v) is 2.56. The number of aryl methyl sites for hydroxylation is 1. The molecule has 1 atom stereocenters. The molecule has 24 heavy (non-hydrogen) atoms. The monoisotopic (exact) mass is 330 g/mol. The van der Waals surface area contributed by atoms with Gasteiger partial charge in [-0.15, -0.1) is 0 Å². The summed E-state index contributed by atoms with van der Waals surface area (Å²) in [5, 5.41) is 2.68. The summed E-state index contributed by atoms with van der Waals surface area (Å²) in [5.74, 6) is -2.09. The molecule has 2 rings (SSSR count). The average molecular weight is 330 g/mol. The zero-order valence-electron chi connectivity index (χ0n) is 14.4. The van der Waals surface area contributed by atoms with Gasteiger partial charge in [-0.2, -0.15) is 0 Å². The van der Waals surface area contributed by atoms with Crippen molar-refractivity contribution in [3.63, 3.8) is 0 Å². The second-order valence-corrected chi connectivity index (χ2v) is 6.98. The van der Waals surface area contributed by atoms with E-state index in [-0.39, 0.29) is 12.8 Å². The van der Waals surface area contributed by atoms with Crippen LogP contribution in [0.4, 0.5) is 5.69 Å². The Morgan fingerprint density at radius 3 is 2.12 bits per heavy atom. The molecular formula is C18H22N2O4. The number of rotatable bonds is 4. The molecular weight excluding hydrogens is 308 g/mol. The first kappa shape index (κ1) is 17.8. The van der Waals surface area contributed by atoms with Gasteiger partial charge in [0.25, 0.3) is 5.91 Å². The van der Waals surface area contributed by atoms with Gasteiger partial charge in [0.1, 0.15) is 0 Å². The van der Waals surface area contributed by atoms with Gasteiger partial charge in [0.2, 0.25) is 11.8 Å². The van der Waals surface area contributed by atoms with E-state index in [0.717, 1.165) is 10.5 Å². The molecule has 6 nitrogen and oxygen atoms in total. The van der Waals surface area contributed by atoms with E-state index < -0.39 is 35.0 Å². The summed E-state index contributed by atoms with van der Waals surface area (Å²) in [4.78, 5) is 50.4. The van der Waals surface area contributed by atoms with E-state index in [1.165, 1.54) is 0 Å². The smallest absolute Gasteiger partial charge is 0.255 e. The minimum absolute atomic E-state index is 0.0321. The summed E-state index contributed by atoms with van der Waals surface area (Å²) in [6.45, 7) is 6.81. The maximum absolute atomic E-state index is 12.8. The second kappa shape index (κ2) is 6.55. The van der Waals surface area contributed by atoms with Gasteiger partial charge in [0.05, 0.1) is 0 Å². The molecule has 3 amide bonds. The molecule has 0 spiro atoms. The van der Waals surface area contributed by atoms with Crippen LogP contribution >= 0.6 is 0 Å². The number of anilines is 1. The Balaban J connectivity index is 2.37. The first-order valence-corrected chi connectivity index (χ1v) is 7.88. The number of nitrogens with zero attached hydrogens (tertiary/aromatic N) is 1. The molecule has 1 saturated heterocycles. The first-order valence-electron chi connectivity index (χ1n) is 7.88. The number of carbonyl (C=O) groups excluding carboxylic acids is 4. The van der Waals surface area contributed by atoms with Crippen molar-refractivity contribution >= 4 is 29.2 Å². The molecule has 0 saturated carbocycles. The number of carbonyl (C=O) groups is 4. The topological polar surface area (TPSA) is 83.6 Å². The Bertz CT molecular complexity index is 687. The van der Waals surface area contributed by atoms with Crippen molar-refractivity contribution in [3.8, 4) is 0 Å². The highest BCUT2D eigenvalue weighted by Crippen LogP contribution is 2.25. The fraction of sp³-hybridized carbons (Fsp3) is 0.444. The van der Waals surface area contributed by atoms with Gasteiger partial charge < -0.3 is 5.32 Å². The van der Waals surface area contributed by atoms with Crippen LogP contribution in [0.2, 0.25) is 0 Å². The summed E-state index contributed by atoms with van der Waals surface area (Å²) >= 11 is 0. The predicted octanol–water partition coefficient (Wildman–Crippen LogP) is 2.07. The molecule has 1 fully saturated rings. The number of amides is 3. The molecule has 1 aliphatic heterocycles. The lowest BCUT2D eigenvalue weighted by Crippen LogP contribution is -2.54. The molecule has 0 bridgehead atoms. The van der Waals surface area contributed by atoms with Crippen molar-refractivity contribution in [1.29, 1.82) is 0 Å². The highest BCUT2D eigenvalue weighted by atomic mass is 16.2. The summed E-state index contributed by atoms with van der Waals surface area (Å²) in [6, 6.07) is 5.68.